The van der Waals surface area contributed by atoms with E-state index >= 15 is 0 Å². The van der Waals surface area contributed by atoms with Crippen LogP contribution < -0.4 is 10.6 Å². The molecule has 1 saturated heterocycles. The van der Waals surface area contributed by atoms with Gasteiger partial charge in [-0.05, 0) is 19.8 Å². The number of aromatic nitrogens is 4. The number of nitrogens with zero attached hydrogens (tertiary/aromatic N) is 5. The van der Waals surface area contributed by atoms with Crippen molar-refractivity contribution in [3.8, 4) is 6.07 Å². The van der Waals surface area contributed by atoms with Crippen LogP contribution in [0.1, 0.15) is 25.5 Å². The second-order valence-electron chi connectivity index (χ2n) is 5.34. The average Bonchev–Trinajstić information content (AvgIpc) is 2.79. The SMILES string of the molecule is C[C@]1(O)CCCN(c2nc(N)nc3n[nH]c(C#N)c23)C1. The number of hydrogen-bond donors (Lipinski definition) is 3. The lowest BCUT2D eigenvalue weighted by atomic mass is 9.95. The molecule has 0 bridgehead atoms. The van der Waals surface area contributed by atoms with Crippen LogP contribution in [-0.4, -0.2) is 44.0 Å². The van der Waals surface area contributed by atoms with E-state index in [-0.39, 0.29) is 5.95 Å². The molecule has 0 amide bonds. The van der Waals surface area contributed by atoms with Gasteiger partial charge < -0.3 is 15.7 Å². The van der Waals surface area contributed by atoms with Crippen molar-refractivity contribution in [3.63, 3.8) is 0 Å². The summed E-state index contributed by atoms with van der Waals surface area (Å²) in [5.41, 5.74) is 5.60. The number of rotatable bonds is 1. The van der Waals surface area contributed by atoms with E-state index in [0.717, 1.165) is 19.4 Å². The number of aromatic amines is 1. The summed E-state index contributed by atoms with van der Waals surface area (Å²) < 4.78 is 0. The molecule has 2 aromatic rings. The van der Waals surface area contributed by atoms with Gasteiger partial charge in [0, 0.05) is 13.1 Å². The van der Waals surface area contributed by atoms with Crippen LogP contribution in [-0.2, 0) is 0 Å². The summed E-state index contributed by atoms with van der Waals surface area (Å²) in [7, 11) is 0. The number of nitrogens with two attached hydrogens (primary N) is 1. The van der Waals surface area contributed by atoms with E-state index in [0.29, 0.717) is 29.1 Å². The molecule has 8 nitrogen and oxygen atoms in total. The molecule has 2 aromatic heterocycles. The van der Waals surface area contributed by atoms with Crippen LogP contribution in [0.25, 0.3) is 11.0 Å². The van der Waals surface area contributed by atoms with Gasteiger partial charge in [-0.15, -0.1) is 0 Å². The first-order valence-corrected chi connectivity index (χ1v) is 6.39. The molecule has 0 unspecified atom stereocenters. The van der Waals surface area contributed by atoms with Crippen molar-refractivity contribution in [3.05, 3.63) is 5.69 Å². The standard InChI is InChI=1S/C12H15N7O/c1-12(20)3-2-4-19(6-12)10-8-7(5-13)17-18-9(8)15-11(14)16-10/h20H,2-4,6H2,1H3,(H3,14,15,16,17,18)/t12-/m0/s1. The lowest BCUT2D eigenvalue weighted by molar-refractivity contribution is 0.0448. The van der Waals surface area contributed by atoms with Gasteiger partial charge in [-0.1, -0.05) is 0 Å². The third-order valence-electron chi connectivity index (χ3n) is 3.50. The number of piperidine rings is 1. The van der Waals surface area contributed by atoms with Crippen molar-refractivity contribution in [2.75, 3.05) is 23.7 Å². The minimum atomic E-state index is -0.777. The Balaban J connectivity index is 2.15. The zero-order chi connectivity index (χ0) is 14.3. The van der Waals surface area contributed by atoms with Crippen LogP contribution in [0.3, 0.4) is 0 Å². The summed E-state index contributed by atoms with van der Waals surface area (Å²) in [6, 6.07) is 2.04. The molecule has 104 valence electrons. The molecule has 20 heavy (non-hydrogen) atoms. The van der Waals surface area contributed by atoms with E-state index in [1.807, 2.05) is 11.0 Å². The average molecular weight is 273 g/mol. The number of nitrogens with one attached hydrogen (secondary N) is 1. The molecule has 0 spiro atoms. The molecular formula is C12H15N7O. The number of β-amino-alcohol motifs (C(OH)–C–C–N with tert-alkyl or cyclic N) is 1. The first-order valence-electron chi connectivity index (χ1n) is 6.39. The fraction of sp³-hybridized carbons (Fsp3) is 0.500. The van der Waals surface area contributed by atoms with E-state index in [9.17, 15) is 5.11 Å². The van der Waals surface area contributed by atoms with Gasteiger partial charge in [-0.25, -0.2) is 0 Å². The molecule has 0 aromatic carbocycles. The largest absolute Gasteiger partial charge is 0.388 e. The zero-order valence-corrected chi connectivity index (χ0v) is 11.1. The summed E-state index contributed by atoms with van der Waals surface area (Å²) in [6.07, 6.45) is 1.59. The van der Waals surface area contributed by atoms with Crippen LogP contribution in [0, 0.1) is 11.3 Å². The van der Waals surface area contributed by atoms with Gasteiger partial charge in [0.15, 0.2) is 5.65 Å². The van der Waals surface area contributed by atoms with Crippen molar-refractivity contribution in [2.45, 2.75) is 25.4 Å². The number of hydrogen-bond acceptors (Lipinski definition) is 7. The lowest BCUT2D eigenvalue weighted by Crippen LogP contribution is -2.46. The highest BCUT2D eigenvalue weighted by atomic mass is 16.3. The van der Waals surface area contributed by atoms with E-state index in [1.54, 1.807) is 6.92 Å². The Morgan fingerprint density at radius 1 is 1.50 bits per heavy atom. The molecule has 1 atom stereocenters. The normalized spacial score (nSPS) is 22.9. The molecule has 1 fully saturated rings. The molecule has 8 heteroatoms. The third kappa shape index (κ3) is 2.02. The van der Waals surface area contributed by atoms with Gasteiger partial charge in [0.05, 0.1) is 11.0 Å². The van der Waals surface area contributed by atoms with Gasteiger partial charge in [-0.3, -0.25) is 5.10 Å². The number of H-pyrrole nitrogens is 1. The Kier molecular flexibility index (Phi) is 2.72. The molecule has 0 saturated carbocycles. The Bertz CT molecular complexity index is 700. The summed E-state index contributed by atoms with van der Waals surface area (Å²) >= 11 is 0. The summed E-state index contributed by atoms with van der Waals surface area (Å²) in [5.74, 6) is 0.659. The van der Waals surface area contributed by atoms with Gasteiger partial charge in [-0.2, -0.15) is 20.3 Å². The molecule has 0 radical (unpaired) electrons. The number of aliphatic hydroxyl groups is 1. The molecule has 0 aliphatic carbocycles. The van der Waals surface area contributed by atoms with Crippen molar-refractivity contribution in [2.24, 2.45) is 0 Å². The summed E-state index contributed by atoms with van der Waals surface area (Å²) in [4.78, 5) is 10.2. The first kappa shape index (κ1) is 12.6. The number of nitrogen functional groups attached to an aromatic ring is 1. The number of nitriles is 1. The Morgan fingerprint density at radius 2 is 2.30 bits per heavy atom. The van der Waals surface area contributed by atoms with Gasteiger partial charge in [0.1, 0.15) is 17.6 Å². The Hall–Kier alpha value is -2.40. The molecule has 1 aliphatic heterocycles. The fourth-order valence-corrected chi connectivity index (χ4v) is 2.63. The topological polar surface area (TPSA) is 128 Å². The third-order valence-corrected chi connectivity index (χ3v) is 3.50. The van der Waals surface area contributed by atoms with Crippen molar-refractivity contribution >= 4 is 22.8 Å². The Morgan fingerprint density at radius 3 is 3.00 bits per heavy atom. The minimum absolute atomic E-state index is 0.105. The highest BCUT2D eigenvalue weighted by Crippen LogP contribution is 2.30. The minimum Gasteiger partial charge on any atom is -0.388 e. The van der Waals surface area contributed by atoms with Crippen LogP contribution in [0.15, 0.2) is 0 Å². The van der Waals surface area contributed by atoms with Gasteiger partial charge in [0.2, 0.25) is 5.95 Å². The highest BCUT2D eigenvalue weighted by molar-refractivity contribution is 5.92. The monoisotopic (exact) mass is 273 g/mol. The predicted molar refractivity (Wildman–Crippen MR) is 72.9 cm³/mol. The fourth-order valence-electron chi connectivity index (χ4n) is 2.63. The van der Waals surface area contributed by atoms with Crippen LogP contribution in [0.5, 0.6) is 0 Å². The van der Waals surface area contributed by atoms with Crippen molar-refractivity contribution in [1.82, 2.24) is 20.2 Å². The van der Waals surface area contributed by atoms with E-state index in [1.165, 1.54) is 0 Å². The second kappa shape index (κ2) is 4.31. The molecular weight excluding hydrogens is 258 g/mol. The summed E-state index contributed by atoms with van der Waals surface area (Å²) in [5, 5.41) is 26.5. The number of fused-ring (bicyclic) bond motifs is 1. The maximum atomic E-state index is 10.2. The maximum absolute atomic E-state index is 10.2. The van der Waals surface area contributed by atoms with Crippen molar-refractivity contribution < 1.29 is 5.11 Å². The second-order valence-corrected chi connectivity index (χ2v) is 5.34. The van der Waals surface area contributed by atoms with E-state index in [4.69, 9.17) is 11.0 Å². The summed E-state index contributed by atoms with van der Waals surface area (Å²) in [6.45, 7) is 2.98. The van der Waals surface area contributed by atoms with Gasteiger partial charge in [0.25, 0.3) is 0 Å². The zero-order valence-electron chi connectivity index (χ0n) is 11.1. The number of anilines is 2. The lowest BCUT2D eigenvalue weighted by Gasteiger charge is -2.37. The maximum Gasteiger partial charge on any atom is 0.224 e. The predicted octanol–water partition coefficient (Wildman–Crippen LogP) is 0.158. The van der Waals surface area contributed by atoms with Gasteiger partial charge >= 0.3 is 0 Å². The van der Waals surface area contributed by atoms with Crippen molar-refractivity contribution in [1.29, 1.82) is 5.26 Å². The molecule has 3 rings (SSSR count). The smallest absolute Gasteiger partial charge is 0.224 e. The Labute approximate surface area is 115 Å². The highest BCUT2D eigenvalue weighted by Gasteiger charge is 2.31. The van der Waals surface area contributed by atoms with Crippen LogP contribution in [0.4, 0.5) is 11.8 Å². The first-order chi connectivity index (χ1) is 9.50. The van der Waals surface area contributed by atoms with Crippen LogP contribution in [0.2, 0.25) is 0 Å². The van der Waals surface area contributed by atoms with E-state index < -0.39 is 5.60 Å². The molecule has 1 aliphatic rings. The quantitative estimate of drug-likeness (QED) is 0.675. The van der Waals surface area contributed by atoms with E-state index in [2.05, 4.69) is 20.2 Å². The molecule has 3 heterocycles. The molecule has 4 N–H and O–H groups in total. The van der Waals surface area contributed by atoms with Crippen LogP contribution >= 0.6 is 0 Å².